The van der Waals surface area contributed by atoms with Gasteiger partial charge >= 0.3 is 0 Å². The van der Waals surface area contributed by atoms with Crippen LogP contribution in [0, 0.1) is 0 Å². The lowest BCUT2D eigenvalue weighted by Crippen LogP contribution is -2.24. The first-order valence-corrected chi connectivity index (χ1v) is 27.5. The van der Waals surface area contributed by atoms with Gasteiger partial charge < -0.3 is 38.3 Å². The number of aliphatic imine (C=N–C) groups is 2. The molecule has 0 spiro atoms. The lowest BCUT2D eigenvalue weighted by molar-refractivity contribution is -0.0327. The van der Waals surface area contributed by atoms with E-state index in [2.05, 4.69) is 36.0 Å². The summed E-state index contributed by atoms with van der Waals surface area (Å²) in [5, 5.41) is 8.84. The Morgan fingerprint density at radius 3 is 1.42 bits per heavy atom. The maximum absolute atomic E-state index is 11.2. The number of hydrogen-bond acceptors (Lipinski definition) is 13. The highest BCUT2D eigenvalue weighted by atomic mass is 32.2. The molecule has 71 heavy (non-hydrogen) atoms. The van der Waals surface area contributed by atoms with E-state index in [0.29, 0.717) is 51.4 Å². The molecule has 0 bridgehead atoms. The zero-order valence-electron chi connectivity index (χ0n) is 43.1. The molecule has 0 aliphatic carbocycles. The molecule has 13 nitrogen and oxygen atoms in total. The van der Waals surface area contributed by atoms with E-state index < -0.39 is 10.1 Å². The number of unbranched alkanes of at least 4 members (excludes halogenated alkanes) is 10. The summed E-state index contributed by atoms with van der Waals surface area (Å²) in [4.78, 5) is 8.91. The van der Waals surface area contributed by atoms with Gasteiger partial charge in [0.1, 0.15) is 36.8 Å². The topological polar surface area (TPSA) is 153 Å². The Morgan fingerprint density at radius 1 is 0.577 bits per heavy atom. The van der Waals surface area contributed by atoms with Gasteiger partial charge in [0.25, 0.3) is 10.1 Å². The maximum Gasteiger partial charge on any atom is 0.264 e. The molecule has 0 saturated carbocycles. The van der Waals surface area contributed by atoms with Gasteiger partial charge in [-0.3, -0.25) is 4.18 Å². The molecule has 1 N–H and O–H groups in total. The molecule has 392 valence electrons. The average molecular weight is 1000 g/mol. The molecule has 4 atom stereocenters. The van der Waals surface area contributed by atoms with Crippen LogP contribution in [0.4, 0.5) is 0 Å². The van der Waals surface area contributed by atoms with Crippen molar-refractivity contribution >= 4 is 21.9 Å². The maximum atomic E-state index is 11.2. The minimum atomic E-state index is -3.45. The number of rotatable bonds is 32. The summed E-state index contributed by atoms with van der Waals surface area (Å²) in [7, 11) is -0.139. The van der Waals surface area contributed by atoms with Crippen LogP contribution in [-0.2, 0) is 51.2 Å². The number of aliphatic hydroxyl groups is 1. The molecule has 0 amide bonds. The molecule has 2 aliphatic rings. The smallest absolute Gasteiger partial charge is 0.264 e. The van der Waals surface area contributed by atoms with Gasteiger partial charge in [0.15, 0.2) is 0 Å². The van der Waals surface area contributed by atoms with Crippen LogP contribution in [0.25, 0.3) is 0 Å². The van der Waals surface area contributed by atoms with Crippen molar-refractivity contribution in [1.82, 2.24) is 0 Å². The van der Waals surface area contributed by atoms with Crippen LogP contribution >= 0.6 is 0 Å². The Hall–Kier alpha value is -4.83. The van der Waals surface area contributed by atoms with Gasteiger partial charge in [0.2, 0.25) is 11.8 Å². The molecule has 4 unspecified atom stereocenters. The Bertz CT molecular complexity index is 2140. The van der Waals surface area contributed by atoms with Crippen molar-refractivity contribution in [2.45, 2.75) is 141 Å². The van der Waals surface area contributed by atoms with E-state index in [0.717, 1.165) is 65.7 Å². The summed E-state index contributed by atoms with van der Waals surface area (Å²) in [6, 6.07) is 35.4. The second-order valence-electron chi connectivity index (χ2n) is 17.9. The summed E-state index contributed by atoms with van der Waals surface area (Å²) in [6.45, 7) is 7.77. The minimum absolute atomic E-state index is 0.0384. The predicted molar refractivity (Wildman–Crippen MR) is 283 cm³/mol. The lowest BCUT2D eigenvalue weighted by atomic mass is 10.1. The monoisotopic (exact) mass is 1000 g/mol. The second kappa shape index (κ2) is 35.3. The summed E-state index contributed by atoms with van der Waals surface area (Å²) >= 11 is 0. The molecule has 2 heterocycles. The average Bonchev–Trinajstić information content (AvgIpc) is 4.10. The summed E-state index contributed by atoms with van der Waals surface area (Å²) < 4.78 is 67.1. The van der Waals surface area contributed by atoms with Gasteiger partial charge in [-0.25, -0.2) is 9.98 Å². The van der Waals surface area contributed by atoms with Crippen LogP contribution in [0.2, 0.25) is 0 Å². The predicted octanol–water partition coefficient (Wildman–Crippen LogP) is 11.3. The van der Waals surface area contributed by atoms with Gasteiger partial charge in [0, 0.05) is 11.1 Å². The van der Waals surface area contributed by atoms with Crippen LogP contribution in [-0.4, -0.2) is 110 Å². The van der Waals surface area contributed by atoms with E-state index in [1.54, 1.807) is 14.2 Å². The first-order valence-electron chi connectivity index (χ1n) is 25.7. The third-order valence-electron chi connectivity index (χ3n) is 11.8. The van der Waals surface area contributed by atoms with E-state index in [1.165, 1.54) is 64.2 Å². The third-order valence-corrected chi connectivity index (χ3v) is 12.4. The van der Waals surface area contributed by atoms with Crippen molar-refractivity contribution < 1.29 is 50.9 Å². The molecule has 4 aromatic carbocycles. The fraction of sp³-hybridized carbons (Fsp3) is 0.544. The highest BCUT2D eigenvalue weighted by Crippen LogP contribution is 2.19. The number of aliphatic hydroxyl groups excluding tert-OH is 1. The summed E-state index contributed by atoms with van der Waals surface area (Å²) in [5.41, 5.74) is 4.15. The van der Waals surface area contributed by atoms with Gasteiger partial charge in [0.05, 0.1) is 72.3 Å². The van der Waals surface area contributed by atoms with Gasteiger partial charge in [-0.1, -0.05) is 152 Å². The van der Waals surface area contributed by atoms with E-state index in [4.69, 9.17) is 42.4 Å². The number of ether oxygens (including phenoxy) is 7. The van der Waals surface area contributed by atoms with Gasteiger partial charge in [-0.2, -0.15) is 8.42 Å². The second-order valence-corrected chi connectivity index (χ2v) is 19.6. The van der Waals surface area contributed by atoms with Crippen molar-refractivity contribution in [1.29, 1.82) is 0 Å². The molecule has 6 rings (SSSR count). The van der Waals surface area contributed by atoms with Crippen LogP contribution in [0.1, 0.15) is 126 Å². The van der Waals surface area contributed by atoms with Crippen LogP contribution < -0.4 is 9.47 Å². The van der Waals surface area contributed by atoms with Crippen molar-refractivity contribution in [2.75, 3.05) is 60.1 Å². The number of hydrogen-bond donors (Lipinski definition) is 1. The lowest BCUT2D eigenvalue weighted by Gasteiger charge is -2.19. The third kappa shape index (κ3) is 25.4. The Balaban J connectivity index is 0.000000252. The largest absolute Gasteiger partial charge is 0.497 e. The van der Waals surface area contributed by atoms with E-state index in [-0.39, 0.29) is 37.5 Å². The molecule has 0 fully saturated rings. The standard InChI is InChI=1S/C28H39NO4.C19H32O5S.C10H11NO2/c1-3-4-5-6-7-11-14-27(32-19-23-15-17-26(30-2)18-16-23)22-31-20-25-21-33-28(29-25)24-12-9-8-10-13-24;1-4-5-6-7-8-9-10-19(16-24-25(3,20)21)23-15-17-11-13-18(22-2)14-12-17;12-6-9-7-13-10(11-9)8-4-2-1-3-5-8/h8-10,12-13,15-18,25,27H,3-7,11,14,19-22H2,1-2H3;11-14,19H,4-10,15-16H2,1-3H3;1-5,9,12H,6-7H2. The van der Waals surface area contributed by atoms with Gasteiger partial charge in [-0.15, -0.1) is 0 Å². The minimum Gasteiger partial charge on any atom is -0.497 e. The first kappa shape index (κ1) is 58.7. The zero-order valence-corrected chi connectivity index (χ0v) is 43.9. The molecule has 0 radical (unpaired) electrons. The molecule has 2 aliphatic heterocycles. The first-order chi connectivity index (χ1) is 34.6. The summed E-state index contributed by atoms with van der Waals surface area (Å²) in [5.74, 6) is 3.01. The molecule has 0 saturated heterocycles. The van der Waals surface area contributed by atoms with Crippen LogP contribution in [0.5, 0.6) is 11.5 Å². The quantitative estimate of drug-likeness (QED) is 0.0367. The molecular weight excluding hydrogens is 921 g/mol. The van der Waals surface area contributed by atoms with E-state index in [1.807, 2.05) is 97.1 Å². The van der Waals surface area contributed by atoms with E-state index >= 15 is 0 Å². The Morgan fingerprint density at radius 2 is 1.00 bits per heavy atom. The van der Waals surface area contributed by atoms with Gasteiger partial charge in [-0.05, 0) is 72.5 Å². The van der Waals surface area contributed by atoms with Crippen molar-refractivity contribution in [2.24, 2.45) is 9.98 Å². The molecule has 14 heteroatoms. The molecule has 4 aromatic rings. The molecular formula is C57H82N2O11S. The number of benzene rings is 4. The highest BCUT2D eigenvalue weighted by Gasteiger charge is 2.22. The highest BCUT2D eigenvalue weighted by molar-refractivity contribution is 7.85. The SMILES string of the molecule is CCCCCCCCC(COCC1COC(c2ccccc2)=N1)OCc1ccc(OC)cc1.CCCCCCCCC(COS(C)(=O)=O)OCc1ccc(OC)cc1.OCC1COC(c2ccccc2)=N1. The van der Waals surface area contributed by atoms with Crippen LogP contribution in [0.15, 0.2) is 119 Å². The number of methoxy groups -OCH3 is 2. The van der Waals surface area contributed by atoms with Crippen molar-refractivity contribution in [3.63, 3.8) is 0 Å². The van der Waals surface area contributed by atoms with Crippen LogP contribution in [0.3, 0.4) is 0 Å². The fourth-order valence-electron chi connectivity index (χ4n) is 7.63. The van der Waals surface area contributed by atoms with Crippen molar-refractivity contribution in [3.8, 4) is 11.5 Å². The fourth-order valence-corrected chi connectivity index (χ4v) is 8.03. The molecule has 0 aromatic heterocycles. The Labute approximate surface area is 425 Å². The number of nitrogens with zero attached hydrogens (tertiary/aromatic N) is 2. The van der Waals surface area contributed by atoms with E-state index in [9.17, 15) is 8.42 Å². The zero-order chi connectivity index (χ0) is 50.8. The normalized spacial score (nSPS) is 16.0. The van der Waals surface area contributed by atoms with Crippen molar-refractivity contribution in [3.05, 3.63) is 131 Å². The Kier molecular flexibility index (Phi) is 29.2. The summed E-state index contributed by atoms with van der Waals surface area (Å²) in [6.07, 6.45) is 17.5.